The second-order valence-corrected chi connectivity index (χ2v) is 4.43. The first-order valence-corrected chi connectivity index (χ1v) is 5.71. The fourth-order valence-electron chi connectivity index (χ4n) is 1.91. The van der Waals surface area contributed by atoms with E-state index in [1.165, 1.54) is 16.7 Å². The zero-order valence-electron chi connectivity index (χ0n) is 10.8. The van der Waals surface area contributed by atoms with Crippen LogP contribution >= 0.6 is 0 Å². The van der Waals surface area contributed by atoms with E-state index in [0.717, 1.165) is 17.2 Å². The Morgan fingerprint density at radius 1 is 1.12 bits per heavy atom. The molecule has 0 aliphatic heterocycles. The monoisotopic (exact) mass is 230 g/mol. The van der Waals surface area contributed by atoms with Gasteiger partial charge in [-0.3, -0.25) is 4.68 Å². The lowest BCUT2D eigenvalue weighted by Crippen LogP contribution is -2.05. The minimum Gasteiger partial charge on any atom is -0.324 e. The van der Waals surface area contributed by atoms with E-state index in [4.69, 9.17) is 5.73 Å². The Hall–Kier alpha value is -1.68. The second kappa shape index (κ2) is 4.30. The van der Waals surface area contributed by atoms with E-state index in [1.54, 1.807) is 4.68 Å². The molecular weight excluding hydrogens is 212 g/mol. The van der Waals surface area contributed by atoms with E-state index in [0.29, 0.717) is 6.54 Å². The van der Waals surface area contributed by atoms with Gasteiger partial charge in [-0.15, -0.1) is 0 Å². The quantitative estimate of drug-likeness (QED) is 0.856. The SMILES string of the molecule is Cc1cc(C)c(-c2nc(CN)n(C)n2)cc1C. The molecule has 0 saturated carbocycles. The van der Waals surface area contributed by atoms with Gasteiger partial charge < -0.3 is 5.73 Å². The van der Waals surface area contributed by atoms with E-state index in [-0.39, 0.29) is 0 Å². The molecule has 0 radical (unpaired) electrons. The Morgan fingerprint density at radius 2 is 1.76 bits per heavy atom. The van der Waals surface area contributed by atoms with Crippen LogP contribution in [0.15, 0.2) is 12.1 Å². The lowest BCUT2D eigenvalue weighted by Gasteiger charge is -2.06. The normalized spacial score (nSPS) is 10.9. The first-order valence-electron chi connectivity index (χ1n) is 5.71. The van der Waals surface area contributed by atoms with Gasteiger partial charge in [0.1, 0.15) is 5.82 Å². The number of aryl methyl sites for hydroxylation is 4. The molecule has 0 saturated heterocycles. The molecule has 0 fully saturated rings. The Morgan fingerprint density at radius 3 is 2.35 bits per heavy atom. The van der Waals surface area contributed by atoms with Gasteiger partial charge in [0, 0.05) is 12.6 Å². The summed E-state index contributed by atoms with van der Waals surface area (Å²) in [6.07, 6.45) is 0. The molecule has 4 heteroatoms. The molecule has 1 aromatic carbocycles. The molecule has 2 rings (SSSR count). The third-order valence-electron chi connectivity index (χ3n) is 3.12. The van der Waals surface area contributed by atoms with Gasteiger partial charge in [-0.2, -0.15) is 5.10 Å². The maximum atomic E-state index is 5.61. The Kier molecular flexibility index (Phi) is 2.98. The van der Waals surface area contributed by atoms with Crippen molar-refractivity contribution in [3.05, 3.63) is 34.6 Å². The van der Waals surface area contributed by atoms with Crippen molar-refractivity contribution in [1.82, 2.24) is 14.8 Å². The van der Waals surface area contributed by atoms with Crippen LogP contribution in [0, 0.1) is 20.8 Å². The van der Waals surface area contributed by atoms with Crippen molar-refractivity contribution in [2.45, 2.75) is 27.3 Å². The molecule has 0 atom stereocenters. The molecule has 1 heterocycles. The number of aromatic nitrogens is 3. The van der Waals surface area contributed by atoms with Crippen molar-refractivity contribution in [3.8, 4) is 11.4 Å². The lowest BCUT2D eigenvalue weighted by molar-refractivity contribution is 0.703. The Bertz CT molecular complexity index is 555. The van der Waals surface area contributed by atoms with Crippen LogP contribution in [0.2, 0.25) is 0 Å². The average molecular weight is 230 g/mol. The van der Waals surface area contributed by atoms with E-state index < -0.39 is 0 Å². The summed E-state index contributed by atoms with van der Waals surface area (Å²) in [6, 6.07) is 4.31. The van der Waals surface area contributed by atoms with Gasteiger partial charge in [0.05, 0.1) is 6.54 Å². The van der Waals surface area contributed by atoms with E-state index in [1.807, 2.05) is 7.05 Å². The standard InChI is InChI=1S/C13H18N4/c1-8-5-10(3)11(6-9(8)2)13-15-12(7-14)17(4)16-13/h5-6H,7,14H2,1-4H3. The highest BCUT2D eigenvalue weighted by atomic mass is 15.3. The number of nitrogens with zero attached hydrogens (tertiary/aromatic N) is 3. The average Bonchev–Trinajstić information content (AvgIpc) is 2.65. The minimum absolute atomic E-state index is 0.410. The minimum atomic E-state index is 0.410. The molecule has 90 valence electrons. The topological polar surface area (TPSA) is 56.7 Å². The van der Waals surface area contributed by atoms with Crippen molar-refractivity contribution >= 4 is 0 Å². The van der Waals surface area contributed by atoms with Crippen LogP contribution in [0.5, 0.6) is 0 Å². The molecule has 17 heavy (non-hydrogen) atoms. The predicted octanol–water partition coefficient (Wildman–Crippen LogP) is 1.87. The lowest BCUT2D eigenvalue weighted by atomic mass is 10.0. The maximum absolute atomic E-state index is 5.61. The predicted molar refractivity (Wildman–Crippen MR) is 68.5 cm³/mol. The highest BCUT2D eigenvalue weighted by molar-refractivity contribution is 5.62. The van der Waals surface area contributed by atoms with Crippen molar-refractivity contribution in [1.29, 1.82) is 0 Å². The molecule has 2 aromatic rings. The molecule has 0 amide bonds. The van der Waals surface area contributed by atoms with E-state index in [9.17, 15) is 0 Å². The van der Waals surface area contributed by atoms with E-state index in [2.05, 4.69) is 43.0 Å². The largest absolute Gasteiger partial charge is 0.324 e. The smallest absolute Gasteiger partial charge is 0.181 e. The first-order chi connectivity index (χ1) is 8.02. The molecule has 0 unspecified atom stereocenters. The number of benzene rings is 1. The van der Waals surface area contributed by atoms with Crippen molar-refractivity contribution in [3.63, 3.8) is 0 Å². The van der Waals surface area contributed by atoms with Crippen LogP contribution in [0.4, 0.5) is 0 Å². The summed E-state index contributed by atoms with van der Waals surface area (Å²) >= 11 is 0. The van der Waals surface area contributed by atoms with E-state index >= 15 is 0 Å². The number of rotatable bonds is 2. The third-order valence-corrected chi connectivity index (χ3v) is 3.12. The first kappa shape index (κ1) is 11.8. The van der Waals surface area contributed by atoms with Crippen LogP contribution in [0.25, 0.3) is 11.4 Å². The molecule has 0 spiro atoms. The molecule has 4 nitrogen and oxygen atoms in total. The molecule has 0 aliphatic carbocycles. The summed E-state index contributed by atoms with van der Waals surface area (Å²) in [7, 11) is 1.87. The highest BCUT2D eigenvalue weighted by Crippen LogP contribution is 2.23. The fraction of sp³-hybridized carbons (Fsp3) is 0.385. The summed E-state index contributed by atoms with van der Waals surface area (Å²) < 4.78 is 1.74. The zero-order chi connectivity index (χ0) is 12.6. The van der Waals surface area contributed by atoms with Gasteiger partial charge >= 0.3 is 0 Å². The number of nitrogens with two attached hydrogens (primary N) is 1. The number of hydrogen-bond acceptors (Lipinski definition) is 3. The Balaban J connectivity index is 2.56. The fourth-order valence-corrected chi connectivity index (χ4v) is 1.91. The van der Waals surface area contributed by atoms with Crippen molar-refractivity contribution in [2.75, 3.05) is 0 Å². The van der Waals surface area contributed by atoms with Gasteiger partial charge in [0.15, 0.2) is 5.82 Å². The highest BCUT2D eigenvalue weighted by Gasteiger charge is 2.11. The van der Waals surface area contributed by atoms with Gasteiger partial charge in [0.25, 0.3) is 0 Å². The van der Waals surface area contributed by atoms with Gasteiger partial charge in [-0.05, 0) is 43.5 Å². The van der Waals surface area contributed by atoms with Crippen molar-refractivity contribution < 1.29 is 0 Å². The summed E-state index contributed by atoms with van der Waals surface area (Å²) in [5, 5.41) is 4.41. The summed E-state index contributed by atoms with van der Waals surface area (Å²) in [4.78, 5) is 4.46. The molecule has 2 N–H and O–H groups in total. The third kappa shape index (κ3) is 2.08. The van der Waals surface area contributed by atoms with Crippen LogP contribution in [0.3, 0.4) is 0 Å². The molecular formula is C13H18N4. The van der Waals surface area contributed by atoms with Crippen LogP contribution < -0.4 is 5.73 Å². The van der Waals surface area contributed by atoms with Crippen LogP contribution in [0.1, 0.15) is 22.5 Å². The van der Waals surface area contributed by atoms with Gasteiger partial charge in [-0.1, -0.05) is 6.07 Å². The summed E-state index contributed by atoms with van der Waals surface area (Å²) in [6.45, 7) is 6.71. The second-order valence-electron chi connectivity index (χ2n) is 4.43. The number of hydrogen-bond donors (Lipinski definition) is 1. The van der Waals surface area contributed by atoms with Crippen LogP contribution in [-0.4, -0.2) is 14.8 Å². The molecule has 0 aliphatic rings. The van der Waals surface area contributed by atoms with Crippen LogP contribution in [-0.2, 0) is 13.6 Å². The Labute approximate surface area is 101 Å². The zero-order valence-corrected chi connectivity index (χ0v) is 10.8. The summed E-state index contributed by atoms with van der Waals surface area (Å²) in [5.74, 6) is 1.56. The van der Waals surface area contributed by atoms with Gasteiger partial charge in [0.2, 0.25) is 0 Å². The maximum Gasteiger partial charge on any atom is 0.181 e. The molecule has 1 aromatic heterocycles. The van der Waals surface area contributed by atoms with Gasteiger partial charge in [-0.25, -0.2) is 4.98 Å². The summed E-state index contributed by atoms with van der Waals surface area (Å²) in [5.41, 5.74) is 10.4. The van der Waals surface area contributed by atoms with Crippen molar-refractivity contribution in [2.24, 2.45) is 12.8 Å². The molecule has 0 bridgehead atoms.